The van der Waals surface area contributed by atoms with Crippen molar-refractivity contribution >= 4 is 17.7 Å². The highest BCUT2D eigenvalue weighted by Gasteiger charge is 2.30. The molecule has 1 fully saturated rings. The summed E-state index contributed by atoms with van der Waals surface area (Å²) < 4.78 is 10.9. The molecular formula is C15H18ClNO4. The lowest BCUT2D eigenvalue weighted by molar-refractivity contribution is -0.00172. The van der Waals surface area contributed by atoms with Gasteiger partial charge < -0.3 is 14.6 Å². The summed E-state index contributed by atoms with van der Waals surface area (Å²) in [5.41, 5.74) is 1.73. The SMILES string of the molecule is C=CCOCc1ccc(Cl)cc1C1COCCN1C(=O)O. The minimum atomic E-state index is -0.957. The van der Waals surface area contributed by atoms with Gasteiger partial charge in [-0.05, 0) is 23.3 Å². The van der Waals surface area contributed by atoms with Gasteiger partial charge in [0.15, 0.2) is 0 Å². The molecular weight excluding hydrogens is 294 g/mol. The van der Waals surface area contributed by atoms with E-state index in [0.717, 1.165) is 11.1 Å². The Morgan fingerprint density at radius 3 is 3.14 bits per heavy atom. The molecule has 0 bridgehead atoms. The normalized spacial score (nSPS) is 18.5. The number of hydrogen-bond donors (Lipinski definition) is 1. The maximum atomic E-state index is 11.4. The van der Waals surface area contributed by atoms with Gasteiger partial charge in [-0.1, -0.05) is 23.7 Å². The van der Waals surface area contributed by atoms with Crippen LogP contribution in [0.15, 0.2) is 30.9 Å². The second-order valence-corrected chi connectivity index (χ2v) is 5.15. The Morgan fingerprint density at radius 2 is 2.43 bits per heavy atom. The van der Waals surface area contributed by atoms with Crippen LogP contribution in [0.2, 0.25) is 5.02 Å². The summed E-state index contributed by atoms with van der Waals surface area (Å²) in [7, 11) is 0. The van der Waals surface area contributed by atoms with E-state index in [-0.39, 0.29) is 6.04 Å². The molecule has 1 heterocycles. The first-order chi connectivity index (χ1) is 10.1. The van der Waals surface area contributed by atoms with Gasteiger partial charge >= 0.3 is 6.09 Å². The third-order valence-electron chi connectivity index (χ3n) is 3.33. The van der Waals surface area contributed by atoms with Crippen molar-refractivity contribution in [1.29, 1.82) is 0 Å². The van der Waals surface area contributed by atoms with Crippen molar-refractivity contribution < 1.29 is 19.4 Å². The minimum absolute atomic E-state index is 0.321. The number of carboxylic acid groups (broad SMARTS) is 1. The summed E-state index contributed by atoms with van der Waals surface area (Å²) in [4.78, 5) is 12.8. The van der Waals surface area contributed by atoms with Gasteiger partial charge in [0, 0.05) is 11.6 Å². The van der Waals surface area contributed by atoms with Gasteiger partial charge in [0.2, 0.25) is 0 Å². The molecule has 2 rings (SSSR count). The molecule has 1 N–H and O–H groups in total. The number of halogens is 1. The van der Waals surface area contributed by atoms with Crippen LogP contribution in [-0.2, 0) is 16.1 Å². The summed E-state index contributed by atoms with van der Waals surface area (Å²) in [6.07, 6.45) is 0.712. The summed E-state index contributed by atoms with van der Waals surface area (Å²) in [5.74, 6) is 0. The molecule has 0 radical (unpaired) electrons. The Bertz CT molecular complexity index is 520. The smallest absolute Gasteiger partial charge is 0.407 e. The fourth-order valence-corrected chi connectivity index (χ4v) is 2.53. The van der Waals surface area contributed by atoms with Crippen molar-refractivity contribution in [3.05, 3.63) is 47.0 Å². The maximum absolute atomic E-state index is 11.4. The lowest BCUT2D eigenvalue weighted by Crippen LogP contribution is -2.43. The van der Waals surface area contributed by atoms with Crippen molar-refractivity contribution in [2.75, 3.05) is 26.4 Å². The average molecular weight is 312 g/mol. The molecule has 114 valence electrons. The molecule has 1 amide bonds. The number of ether oxygens (including phenoxy) is 2. The van der Waals surface area contributed by atoms with Gasteiger partial charge in [-0.15, -0.1) is 6.58 Å². The highest BCUT2D eigenvalue weighted by molar-refractivity contribution is 6.30. The molecule has 1 aliphatic heterocycles. The number of nitrogens with zero attached hydrogens (tertiary/aromatic N) is 1. The van der Waals surface area contributed by atoms with E-state index in [1.54, 1.807) is 18.2 Å². The number of rotatable bonds is 5. The van der Waals surface area contributed by atoms with Crippen LogP contribution in [0.25, 0.3) is 0 Å². The Hall–Kier alpha value is -1.56. The monoisotopic (exact) mass is 311 g/mol. The maximum Gasteiger partial charge on any atom is 0.407 e. The third kappa shape index (κ3) is 3.97. The highest BCUT2D eigenvalue weighted by Crippen LogP contribution is 2.30. The van der Waals surface area contributed by atoms with Crippen LogP contribution in [0.3, 0.4) is 0 Å². The minimum Gasteiger partial charge on any atom is -0.465 e. The van der Waals surface area contributed by atoms with E-state index in [1.165, 1.54) is 4.90 Å². The molecule has 0 saturated carbocycles. The summed E-state index contributed by atoms with van der Waals surface area (Å²) in [6, 6.07) is 5.04. The van der Waals surface area contributed by atoms with Crippen molar-refractivity contribution in [2.24, 2.45) is 0 Å². The first kappa shape index (κ1) is 15.8. The molecule has 21 heavy (non-hydrogen) atoms. The van der Waals surface area contributed by atoms with Gasteiger partial charge in [0.1, 0.15) is 0 Å². The Labute approximate surface area is 128 Å². The molecule has 0 spiro atoms. The van der Waals surface area contributed by atoms with Crippen LogP contribution < -0.4 is 0 Å². The fourth-order valence-electron chi connectivity index (χ4n) is 2.35. The number of amides is 1. The van der Waals surface area contributed by atoms with E-state index in [4.69, 9.17) is 21.1 Å². The first-order valence-electron chi connectivity index (χ1n) is 6.67. The number of benzene rings is 1. The second-order valence-electron chi connectivity index (χ2n) is 4.71. The first-order valence-corrected chi connectivity index (χ1v) is 7.05. The Morgan fingerprint density at radius 1 is 1.62 bits per heavy atom. The molecule has 1 atom stereocenters. The van der Waals surface area contributed by atoms with E-state index in [0.29, 0.717) is 38.0 Å². The standard InChI is InChI=1S/C15H18ClNO4/c1-2-6-20-9-11-3-4-12(16)8-13(11)14-10-21-7-5-17(14)15(18)19/h2-4,8,14H,1,5-7,9-10H2,(H,18,19). The molecule has 1 unspecified atom stereocenters. The molecule has 0 aliphatic carbocycles. The van der Waals surface area contributed by atoms with Crippen LogP contribution in [-0.4, -0.2) is 42.5 Å². The topological polar surface area (TPSA) is 59.0 Å². The summed E-state index contributed by atoms with van der Waals surface area (Å²) in [6.45, 7) is 5.49. The van der Waals surface area contributed by atoms with E-state index in [1.807, 2.05) is 6.07 Å². The quantitative estimate of drug-likeness (QED) is 0.670. The molecule has 1 aromatic carbocycles. The van der Waals surface area contributed by atoms with E-state index in [9.17, 15) is 9.90 Å². The molecule has 5 nitrogen and oxygen atoms in total. The van der Waals surface area contributed by atoms with Gasteiger partial charge in [-0.25, -0.2) is 4.79 Å². The molecule has 1 aromatic rings. The third-order valence-corrected chi connectivity index (χ3v) is 3.57. The van der Waals surface area contributed by atoms with E-state index < -0.39 is 6.09 Å². The Kier molecular flexibility index (Phi) is 5.61. The van der Waals surface area contributed by atoms with Gasteiger partial charge in [0.05, 0.1) is 32.5 Å². The molecule has 0 aromatic heterocycles. The second kappa shape index (κ2) is 7.45. The lowest BCUT2D eigenvalue weighted by Gasteiger charge is -2.34. The molecule has 1 saturated heterocycles. The van der Waals surface area contributed by atoms with Crippen molar-refractivity contribution in [1.82, 2.24) is 4.90 Å². The lowest BCUT2D eigenvalue weighted by atomic mass is 9.99. The number of morpholine rings is 1. The van der Waals surface area contributed by atoms with Crippen LogP contribution in [0.1, 0.15) is 17.2 Å². The van der Waals surface area contributed by atoms with Crippen molar-refractivity contribution in [3.8, 4) is 0 Å². The molecule has 6 heteroatoms. The van der Waals surface area contributed by atoms with Crippen LogP contribution in [0.4, 0.5) is 4.79 Å². The molecule has 1 aliphatic rings. The van der Waals surface area contributed by atoms with Crippen molar-refractivity contribution in [3.63, 3.8) is 0 Å². The zero-order valence-corrected chi connectivity index (χ0v) is 12.4. The van der Waals surface area contributed by atoms with Gasteiger partial charge in [0.25, 0.3) is 0 Å². The fraction of sp³-hybridized carbons (Fsp3) is 0.400. The van der Waals surface area contributed by atoms with Crippen molar-refractivity contribution in [2.45, 2.75) is 12.6 Å². The highest BCUT2D eigenvalue weighted by atomic mass is 35.5. The zero-order valence-electron chi connectivity index (χ0n) is 11.6. The predicted molar refractivity (Wildman–Crippen MR) is 79.6 cm³/mol. The summed E-state index contributed by atoms with van der Waals surface area (Å²) >= 11 is 6.06. The number of hydrogen-bond acceptors (Lipinski definition) is 3. The van der Waals surface area contributed by atoms with Crippen LogP contribution in [0.5, 0.6) is 0 Å². The van der Waals surface area contributed by atoms with E-state index >= 15 is 0 Å². The number of carbonyl (C=O) groups is 1. The van der Waals surface area contributed by atoms with E-state index in [2.05, 4.69) is 6.58 Å². The van der Waals surface area contributed by atoms with Gasteiger partial charge in [-0.2, -0.15) is 0 Å². The average Bonchev–Trinajstić information content (AvgIpc) is 2.49. The Balaban J connectivity index is 2.28. The zero-order chi connectivity index (χ0) is 15.2. The largest absolute Gasteiger partial charge is 0.465 e. The summed E-state index contributed by atoms with van der Waals surface area (Å²) in [5, 5.41) is 9.90. The van der Waals surface area contributed by atoms with Crippen LogP contribution in [0, 0.1) is 0 Å². The van der Waals surface area contributed by atoms with Gasteiger partial charge in [-0.3, -0.25) is 4.90 Å². The predicted octanol–water partition coefficient (Wildman–Crippen LogP) is 3.09. The van der Waals surface area contributed by atoms with Crippen LogP contribution >= 0.6 is 11.6 Å².